The van der Waals surface area contributed by atoms with Crippen molar-refractivity contribution in [3.8, 4) is 22.6 Å². The van der Waals surface area contributed by atoms with Gasteiger partial charge in [0.05, 0.1) is 6.61 Å². The van der Waals surface area contributed by atoms with Gasteiger partial charge in [0.25, 0.3) is 0 Å². The van der Waals surface area contributed by atoms with E-state index in [0.29, 0.717) is 19.3 Å². The third-order valence-corrected chi connectivity index (χ3v) is 5.53. The molecule has 1 heterocycles. The summed E-state index contributed by atoms with van der Waals surface area (Å²) < 4.78 is 17.5. The summed E-state index contributed by atoms with van der Waals surface area (Å²) in [6.07, 6.45) is 2.46. The van der Waals surface area contributed by atoms with Crippen LogP contribution < -0.4 is 14.8 Å². The van der Waals surface area contributed by atoms with Gasteiger partial charge in [-0.2, -0.15) is 0 Å². The van der Waals surface area contributed by atoms with Crippen LogP contribution in [0.3, 0.4) is 0 Å². The van der Waals surface area contributed by atoms with Gasteiger partial charge in [0.15, 0.2) is 0 Å². The highest BCUT2D eigenvalue weighted by Crippen LogP contribution is 2.24. The zero-order valence-electron chi connectivity index (χ0n) is 18.2. The van der Waals surface area contributed by atoms with Crippen LogP contribution in [0, 0.1) is 0 Å². The van der Waals surface area contributed by atoms with Crippen molar-refractivity contribution in [3.05, 3.63) is 83.9 Å². The predicted octanol–water partition coefficient (Wildman–Crippen LogP) is 5.60. The maximum atomic E-state index is 6.07. The summed E-state index contributed by atoms with van der Waals surface area (Å²) in [6.45, 7) is 6.02. The second-order valence-corrected chi connectivity index (χ2v) is 7.86. The molecule has 1 fully saturated rings. The van der Waals surface area contributed by atoms with E-state index in [9.17, 15) is 0 Å². The molecule has 4 rings (SSSR count). The normalized spacial score (nSPS) is 14.4. The van der Waals surface area contributed by atoms with E-state index in [0.717, 1.165) is 49.6 Å². The molecule has 0 bridgehead atoms. The largest absolute Gasteiger partial charge is 0.490 e. The van der Waals surface area contributed by atoms with Gasteiger partial charge in [-0.3, -0.25) is 0 Å². The zero-order valence-corrected chi connectivity index (χ0v) is 18.2. The van der Waals surface area contributed by atoms with Crippen molar-refractivity contribution in [1.29, 1.82) is 0 Å². The van der Waals surface area contributed by atoms with Crippen LogP contribution in [0.25, 0.3) is 11.1 Å². The Labute approximate surface area is 185 Å². The van der Waals surface area contributed by atoms with Crippen molar-refractivity contribution in [3.63, 3.8) is 0 Å². The highest BCUT2D eigenvalue weighted by molar-refractivity contribution is 5.64. The van der Waals surface area contributed by atoms with Crippen LogP contribution >= 0.6 is 0 Å². The van der Waals surface area contributed by atoms with Gasteiger partial charge < -0.3 is 19.5 Å². The summed E-state index contributed by atoms with van der Waals surface area (Å²) >= 11 is 0. The maximum Gasteiger partial charge on any atom is 0.119 e. The standard InChI is InChI=1S/C27H31NO3/c1-2-29-19-21-3-7-23(8-4-21)24-9-13-25(14-10-24)30-20-22-5-11-26(12-6-22)31-27-15-17-28-18-16-27/h3-14,27-28H,2,15-20H2,1H3. The van der Waals surface area contributed by atoms with Gasteiger partial charge in [-0.1, -0.05) is 48.5 Å². The Balaban J connectivity index is 1.28. The summed E-state index contributed by atoms with van der Waals surface area (Å²) in [5.41, 5.74) is 4.69. The first-order valence-electron chi connectivity index (χ1n) is 11.2. The lowest BCUT2D eigenvalue weighted by molar-refractivity contribution is 0.134. The van der Waals surface area contributed by atoms with E-state index in [1.807, 2.05) is 31.2 Å². The monoisotopic (exact) mass is 417 g/mol. The van der Waals surface area contributed by atoms with Crippen molar-refractivity contribution in [2.75, 3.05) is 19.7 Å². The summed E-state index contributed by atoms with van der Waals surface area (Å²) in [6, 6.07) is 25.0. The Morgan fingerprint density at radius 1 is 0.710 bits per heavy atom. The molecule has 1 aliphatic rings. The average Bonchev–Trinajstić information content (AvgIpc) is 2.84. The third kappa shape index (κ3) is 6.33. The van der Waals surface area contributed by atoms with Gasteiger partial charge in [0.2, 0.25) is 0 Å². The van der Waals surface area contributed by atoms with Crippen LogP contribution in [0.2, 0.25) is 0 Å². The summed E-state index contributed by atoms with van der Waals surface area (Å²) in [7, 11) is 0. The highest BCUT2D eigenvalue weighted by Gasteiger charge is 2.14. The molecular formula is C27H31NO3. The van der Waals surface area contributed by atoms with Crippen molar-refractivity contribution in [2.24, 2.45) is 0 Å². The van der Waals surface area contributed by atoms with Crippen molar-refractivity contribution < 1.29 is 14.2 Å². The molecule has 162 valence electrons. The predicted molar refractivity (Wildman–Crippen MR) is 125 cm³/mol. The first-order valence-corrected chi connectivity index (χ1v) is 11.2. The van der Waals surface area contributed by atoms with E-state index in [4.69, 9.17) is 14.2 Å². The number of hydrogen-bond donors (Lipinski definition) is 1. The van der Waals surface area contributed by atoms with E-state index in [2.05, 4.69) is 53.8 Å². The second kappa shape index (κ2) is 11.0. The average molecular weight is 418 g/mol. The first kappa shape index (κ1) is 21.4. The van der Waals surface area contributed by atoms with Gasteiger partial charge in [-0.15, -0.1) is 0 Å². The van der Waals surface area contributed by atoms with E-state index >= 15 is 0 Å². The maximum absolute atomic E-state index is 6.07. The first-order chi connectivity index (χ1) is 15.3. The van der Waals surface area contributed by atoms with Crippen molar-refractivity contribution in [2.45, 2.75) is 39.1 Å². The molecule has 0 aliphatic carbocycles. The summed E-state index contributed by atoms with van der Waals surface area (Å²) in [5.74, 6) is 1.80. The fourth-order valence-corrected chi connectivity index (χ4v) is 3.69. The SMILES string of the molecule is CCOCc1ccc(-c2ccc(OCc3ccc(OC4CCNCC4)cc3)cc2)cc1. The lowest BCUT2D eigenvalue weighted by Gasteiger charge is -2.23. The molecule has 31 heavy (non-hydrogen) atoms. The molecule has 4 nitrogen and oxygen atoms in total. The highest BCUT2D eigenvalue weighted by atomic mass is 16.5. The molecule has 0 atom stereocenters. The molecule has 4 heteroatoms. The van der Waals surface area contributed by atoms with Crippen LogP contribution in [0.1, 0.15) is 30.9 Å². The quantitative estimate of drug-likeness (QED) is 0.492. The number of rotatable bonds is 9. The molecule has 0 aromatic heterocycles. The molecule has 3 aromatic rings. The molecule has 0 amide bonds. The van der Waals surface area contributed by atoms with E-state index in [1.54, 1.807) is 0 Å². The van der Waals surface area contributed by atoms with Crippen LogP contribution in [-0.2, 0) is 18.0 Å². The third-order valence-electron chi connectivity index (χ3n) is 5.53. The molecule has 3 aromatic carbocycles. The summed E-state index contributed by atoms with van der Waals surface area (Å²) in [4.78, 5) is 0. The minimum Gasteiger partial charge on any atom is -0.490 e. The fraction of sp³-hybridized carbons (Fsp3) is 0.333. The Morgan fingerprint density at radius 2 is 1.26 bits per heavy atom. The van der Waals surface area contributed by atoms with Crippen molar-refractivity contribution >= 4 is 0 Å². The molecule has 0 unspecified atom stereocenters. The zero-order chi connectivity index (χ0) is 21.3. The molecule has 1 aliphatic heterocycles. The van der Waals surface area contributed by atoms with Gasteiger partial charge >= 0.3 is 0 Å². The number of benzene rings is 3. The molecule has 0 saturated carbocycles. The fourth-order valence-electron chi connectivity index (χ4n) is 3.69. The molecular weight excluding hydrogens is 386 g/mol. The van der Waals surface area contributed by atoms with Gasteiger partial charge in [0.1, 0.15) is 24.2 Å². The van der Waals surface area contributed by atoms with E-state index in [1.165, 1.54) is 16.7 Å². The van der Waals surface area contributed by atoms with Gasteiger partial charge in [0, 0.05) is 6.61 Å². The molecule has 1 N–H and O–H groups in total. The topological polar surface area (TPSA) is 39.7 Å². The molecule has 0 spiro atoms. The van der Waals surface area contributed by atoms with E-state index < -0.39 is 0 Å². The minimum absolute atomic E-state index is 0.322. The Bertz CT molecular complexity index is 914. The van der Waals surface area contributed by atoms with Crippen LogP contribution in [0.15, 0.2) is 72.8 Å². The number of nitrogens with one attached hydrogen (secondary N) is 1. The smallest absolute Gasteiger partial charge is 0.119 e. The van der Waals surface area contributed by atoms with E-state index in [-0.39, 0.29) is 0 Å². The summed E-state index contributed by atoms with van der Waals surface area (Å²) in [5, 5.41) is 3.36. The minimum atomic E-state index is 0.322. The van der Waals surface area contributed by atoms with Gasteiger partial charge in [-0.25, -0.2) is 0 Å². The number of piperidine rings is 1. The molecule has 0 radical (unpaired) electrons. The van der Waals surface area contributed by atoms with Crippen LogP contribution in [0.4, 0.5) is 0 Å². The Morgan fingerprint density at radius 3 is 1.90 bits per heavy atom. The molecule has 1 saturated heterocycles. The number of hydrogen-bond acceptors (Lipinski definition) is 4. The van der Waals surface area contributed by atoms with Crippen LogP contribution in [-0.4, -0.2) is 25.8 Å². The Hall–Kier alpha value is -2.82. The second-order valence-electron chi connectivity index (χ2n) is 7.86. The van der Waals surface area contributed by atoms with Crippen LogP contribution in [0.5, 0.6) is 11.5 Å². The lowest BCUT2D eigenvalue weighted by atomic mass is 10.0. The number of ether oxygens (including phenoxy) is 3. The lowest BCUT2D eigenvalue weighted by Crippen LogP contribution is -2.34. The Kier molecular flexibility index (Phi) is 7.59. The van der Waals surface area contributed by atoms with Crippen molar-refractivity contribution in [1.82, 2.24) is 5.32 Å². The van der Waals surface area contributed by atoms with Gasteiger partial charge in [-0.05, 0) is 79.4 Å².